The molecule has 6 heteroatoms. The molecule has 0 unspecified atom stereocenters. The van der Waals surface area contributed by atoms with Crippen molar-refractivity contribution in [3.63, 3.8) is 0 Å². The molecule has 0 aliphatic carbocycles. The molecule has 0 saturated heterocycles. The van der Waals surface area contributed by atoms with E-state index in [1.165, 1.54) is 21.3 Å². The summed E-state index contributed by atoms with van der Waals surface area (Å²) in [6, 6.07) is 0.00694. The molecule has 0 amide bonds. The van der Waals surface area contributed by atoms with E-state index in [2.05, 4.69) is 0 Å². The Bertz CT molecular complexity index is 137. The summed E-state index contributed by atoms with van der Waals surface area (Å²) in [6.07, 6.45) is 0. The number of aliphatic hydroxyl groups excluding tert-OH is 1. The van der Waals surface area contributed by atoms with E-state index in [0.29, 0.717) is 0 Å². The third-order valence-corrected chi connectivity index (χ3v) is 4.22. The van der Waals surface area contributed by atoms with E-state index in [1.807, 2.05) is 0 Å². The second-order valence-corrected chi connectivity index (χ2v) is 5.11. The van der Waals surface area contributed by atoms with Crippen LogP contribution in [-0.2, 0) is 18.1 Å². The van der Waals surface area contributed by atoms with Gasteiger partial charge in [-0.1, -0.05) is 0 Å². The molecule has 0 fully saturated rings. The van der Waals surface area contributed by atoms with Gasteiger partial charge < -0.3 is 18.4 Å². The van der Waals surface area contributed by atoms with Crippen LogP contribution in [-0.4, -0.2) is 47.6 Å². The molecule has 0 aliphatic rings. The maximum atomic E-state index is 10.8. The molecule has 0 spiro atoms. The molecule has 0 heterocycles. The average Bonchev–Trinajstić information content (AvgIpc) is 2.14. The molecule has 12 heavy (non-hydrogen) atoms. The van der Waals surface area contributed by atoms with Crippen molar-refractivity contribution < 1.29 is 23.2 Å². The van der Waals surface area contributed by atoms with Crippen molar-refractivity contribution in [1.82, 2.24) is 0 Å². The molecule has 72 valence electrons. The molecule has 0 aromatic carbocycles. The average molecular weight is 194 g/mol. The van der Waals surface area contributed by atoms with Crippen LogP contribution >= 0.6 is 0 Å². The number of carbonyl (C=O) groups is 1. The number of aliphatic hydroxyl groups is 1. The van der Waals surface area contributed by atoms with Crippen LogP contribution in [0.3, 0.4) is 0 Å². The normalized spacial score (nSPS) is 11.7. The fourth-order valence-electron chi connectivity index (χ4n) is 0.764. The Balaban J connectivity index is 4.19. The van der Waals surface area contributed by atoms with Crippen molar-refractivity contribution >= 4 is 14.6 Å². The summed E-state index contributed by atoms with van der Waals surface area (Å²) in [6.45, 7) is -0.509. The third-order valence-electron chi connectivity index (χ3n) is 1.52. The molecule has 0 atom stereocenters. The van der Waals surface area contributed by atoms with E-state index in [-0.39, 0.29) is 11.8 Å². The van der Waals surface area contributed by atoms with Gasteiger partial charge in [-0.25, -0.2) is 0 Å². The van der Waals surface area contributed by atoms with Crippen molar-refractivity contribution in [2.75, 3.05) is 27.9 Å². The van der Waals surface area contributed by atoms with Crippen LogP contribution in [0.5, 0.6) is 0 Å². The third kappa shape index (κ3) is 3.00. The van der Waals surface area contributed by atoms with Crippen LogP contribution in [0.1, 0.15) is 0 Å². The van der Waals surface area contributed by atoms with Crippen LogP contribution in [0.2, 0.25) is 6.04 Å². The highest BCUT2D eigenvalue weighted by Gasteiger charge is 2.40. The number of Topliss-reactive ketones (excluding diaryl/α,β-unsaturated/α-hetero) is 1. The van der Waals surface area contributed by atoms with Gasteiger partial charge >= 0.3 is 8.80 Å². The van der Waals surface area contributed by atoms with Crippen LogP contribution < -0.4 is 0 Å². The zero-order valence-electron chi connectivity index (χ0n) is 7.49. The topological polar surface area (TPSA) is 65.0 Å². The van der Waals surface area contributed by atoms with Gasteiger partial charge in [-0.3, -0.25) is 4.79 Å². The fraction of sp³-hybridized carbons (Fsp3) is 0.833. The SMILES string of the molecule is CO[Si](CC(=O)CO)(OC)OC. The summed E-state index contributed by atoms with van der Waals surface area (Å²) < 4.78 is 14.9. The van der Waals surface area contributed by atoms with Gasteiger partial charge in [0.25, 0.3) is 0 Å². The van der Waals surface area contributed by atoms with Crippen molar-refractivity contribution in [2.45, 2.75) is 6.04 Å². The van der Waals surface area contributed by atoms with Crippen molar-refractivity contribution in [3.8, 4) is 0 Å². The molecule has 0 rings (SSSR count). The molecule has 0 aromatic rings. The quantitative estimate of drug-likeness (QED) is 0.573. The minimum absolute atomic E-state index is 0.00694. The van der Waals surface area contributed by atoms with Gasteiger partial charge in [-0.15, -0.1) is 0 Å². The Morgan fingerprint density at radius 3 is 1.92 bits per heavy atom. The second kappa shape index (κ2) is 5.39. The Morgan fingerprint density at radius 1 is 1.25 bits per heavy atom. The van der Waals surface area contributed by atoms with Crippen LogP contribution in [0.4, 0.5) is 0 Å². The predicted octanol–water partition coefficient (Wildman–Crippen LogP) is -0.574. The van der Waals surface area contributed by atoms with Gasteiger partial charge in [0.15, 0.2) is 5.78 Å². The maximum Gasteiger partial charge on any atom is 0.507 e. The second-order valence-electron chi connectivity index (χ2n) is 2.17. The van der Waals surface area contributed by atoms with Crippen molar-refractivity contribution in [2.24, 2.45) is 0 Å². The molecule has 1 N–H and O–H groups in total. The number of hydrogen-bond donors (Lipinski definition) is 1. The van der Waals surface area contributed by atoms with Crippen molar-refractivity contribution in [3.05, 3.63) is 0 Å². The smallest absolute Gasteiger partial charge is 0.389 e. The monoisotopic (exact) mass is 194 g/mol. The van der Waals surface area contributed by atoms with Gasteiger partial charge in [0.2, 0.25) is 0 Å². The minimum atomic E-state index is -2.81. The summed E-state index contributed by atoms with van der Waals surface area (Å²) in [7, 11) is 1.45. The summed E-state index contributed by atoms with van der Waals surface area (Å²) in [5.41, 5.74) is 0. The first-order chi connectivity index (χ1) is 5.64. The van der Waals surface area contributed by atoms with E-state index in [4.69, 9.17) is 18.4 Å². The van der Waals surface area contributed by atoms with E-state index in [1.54, 1.807) is 0 Å². The number of carbonyl (C=O) groups excluding carboxylic acids is 1. The molecule has 0 radical (unpaired) electrons. The first-order valence-electron chi connectivity index (χ1n) is 3.42. The Hall–Kier alpha value is -0.273. The molecular formula is C6H14O5Si. The Morgan fingerprint density at radius 2 is 1.67 bits per heavy atom. The van der Waals surface area contributed by atoms with E-state index in [9.17, 15) is 4.79 Å². The number of hydrogen-bond acceptors (Lipinski definition) is 5. The first-order valence-corrected chi connectivity index (χ1v) is 5.35. The standard InChI is InChI=1S/C6H14O5Si/c1-9-12(10-2,11-3)5-6(8)4-7/h7H,4-5H2,1-3H3. The molecule has 0 aliphatic heterocycles. The summed E-state index contributed by atoms with van der Waals surface area (Å²) in [5.74, 6) is -0.341. The largest absolute Gasteiger partial charge is 0.507 e. The molecule has 5 nitrogen and oxygen atoms in total. The van der Waals surface area contributed by atoms with Gasteiger partial charge in [0.05, 0.1) is 6.04 Å². The number of rotatable bonds is 6. The summed E-state index contributed by atoms with van der Waals surface area (Å²) in [4.78, 5) is 10.8. The lowest BCUT2D eigenvalue weighted by Crippen LogP contribution is -2.45. The van der Waals surface area contributed by atoms with Gasteiger partial charge in [-0.2, -0.15) is 0 Å². The predicted molar refractivity (Wildman–Crippen MR) is 43.7 cm³/mol. The molecule has 0 bridgehead atoms. The van der Waals surface area contributed by atoms with E-state index < -0.39 is 15.4 Å². The molecular weight excluding hydrogens is 180 g/mol. The van der Waals surface area contributed by atoms with Crippen LogP contribution in [0, 0.1) is 0 Å². The van der Waals surface area contributed by atoms with Crippen LogP contribution in [0.25, 0.3) is 0 Å². The van der Waals surface area contributed by atoms with Crippen molar-refractivity contribution in [1.29, 1.82) is 0 Å². The first kappa shape index (κ1) is 11.7. The lowest BCUT2D eigenvalue weighted by molar-refractivity contribution is -0.120. The highest BCUT2D eigenvalue weighted by atomic mass is 28.4. The van der Waals surface area contributed by atoms with Crippen LogP contribution in [0.15, 0.2) is 0 Å². The van der Waals surface area contributed by atoms with Gasteiger partial charge in [0, 0.05) is 21.3 Å². The zero-order chi connectivity index (χ0) is 9.61. The molecule has 0 saturated carbocycles. The minimum Gasteiger partial charge on any atom is -0.389 e. The van der Waals surface area contributed by atoms with E-state index >= 15 is 0 Å². The summed E-state index contributed by atoms with van der Waals surface area (Å²) >= 11 is 0. The van der Waals surface area contributed by atoms with Gasteiger partial charge in [0.1, 0.15) is 6.61 Å². The Kier molecular flexibility index (Phi) is 5.26. The lowest BCUT2D eigenvalue weighted by Gasteiger charge is -2.22. The highest BCUT2D eigenvalue weighted by Crippen LogP contribution is 2.12. The Labute approximate surface area is 72.6 Å². The van der Waals surface area contributed by atoms with Gasteiger partial charge in [-0.05, 0) is 0 Å². The molecule has 0 aromatic heterocycles. The summed E-state index contributed by atoms with van der Waals surface area (Å²) in [5, 5.41) is 8.49. The maximum absolute atomic E-state index is 10.8. The van der Waals surface area contributed by atoms with E-state index in [0.717, 1.165) is 0 Å². The highest BCUT2D eigenvalue weighted by molar-refractivity contribution is 6.64. The fourth-order valence-corrected chi connectivity index (χ4v) is 2.29. The lowest BCUT2D eigenvalue weighted by atomic mass is 10.5. The zero-order valence-corrected chi connectivity index (χ0v) is 8.49. The number of ketones is 1.